The summed E-state index contributed by atoms with van der Waals surface area (Å²) in [6.07, 6.45) is 0.879. The molecule has 0 fully saturated rings. The number of hydrogen-bond donors (Lipinski definition) is 2. The van der Waals surface area contributed by atoms with Gasteiger partial charge in [0.05, 0.1) is 37.4 Å². The standard InChI is InChI=1S/C21H26N4O10/c1-4-5-6-19(26)23-15(20(27)33-10-8-22)7-9-35-24-21(28)34-13-14-11-17(31-2)18(32-3)12-16(14)25(29)30/h4,11-12,15H,1,5-7,9-10,13H2,2-3H3,(H,23,26)(H,24,28). The minimum atomic E-state index is -1.12. The van der Waals surface area contributed by atoms with Crippen LogP contribution in [0.1, 0.15) is 24.8 Å². The lowest BCUT2D eigenvalue weighted by Crippen LogP contribution is -2.43. The molecule has 0 aliphatic carbocycles. The van der Waals surface area contributed by atoms with Crippen molar-refractivity contribution in [3.05, 3.63) is 40.5 Å². The van der Waals surface area contributed by atoms with Crippen LogP contribution in [0.3, 0.4) is 0 Å². The van der Waals surface area contributed by atoms with Crippen LogP contribution in [-0.2, 0) is 30.5 Å². The van der Waals surface area contributed by atoms with Crippen LogP contribution >= 0.6 is 0 Å². The maximum absolute atomic E-state index is 12.0. The molecule has 2 N–H and O–H groups in total. The number of ether oxygens (including phenoxy) is 4. The van der Waals surface area contributed by atoms with Crippen molar-refractivity contribution in [3.8, 4) is 17.6 Å². The maximum atomic E-state index is 12.0. The molecule has 1 aromatic carbocycles. The second-order valence-corrected chi connectivity index (χ2v) is 6.62. The number of carbonyl (C=O) groups excluding carboxylic acids is 3. The first kappa shape index (κ1) is 28.7. The highest BCUT2D eigenvalue weighted by Crippen LogP contribution is 2.34. The van der Waals surface area contributed by atoms with E-state index < -0.39 is 42.1 Å². The number of nitro groups is 1. The highest BCUT2D eigenvalue weighted by atomic mass is 16.7. The molecule has 190 valence electrons. The number of amides is 2. The van der Waals surface area contributed by atoms with Crippen molar-refractivity contribution < 1.29 is 43.1 Å². The van der Waals surface area contributed by atoms with Crippen molar-refractivity contribution in [1.82, 2.24) is 10.8 Å². The van der Waals surface area contributed by atoms with Crippen LogP contribution in [-0.4, -0.2) is 56.4 Å². The van der Waals surface area contributed by atoms with Crippen LogP contribution in [0.15, 0.2) is 24.8 Å². The average Bonchev–Trinajstić information content (AvgIpc) is 2.85. The molecule has 0 aliphatic heterocycles. The summed E-state index contributed by atoms with van der Waals surface area (Å²) in [4.78, 5) is 51.4. The fourth-order valence-electron chi connectivity index (χ4n) is 2.61. The molecular formula is C21H26N4O10. The third-order valence-electron chi connectivity index (χ3n) is 4.28. The third-order valence-corrected chi connectivity index (χ3v) is 4.28. The van der Waals surface area contributed by atoms with Gasteiger partial charge in [-0.2, -0.15) is 10.7 Å². The molecule has 1 atom stereocenters. The molecule has 1 unspecified atom stereocenters. The average molecular weight is 494 g/mol. The molecule has 0 saturated carbocycles. The van der Waals surface area contributed by atoms with Crippen LogP contribution in [0.2, 0.25) is 0 Å². The molecule has 2 amide bonds. The zero-order valence-corrected chi connectivity index (χ0v) is 19.2. The first-order valence-corrected chi connectivity index (χ1v) is 10.1. The predicted molar refractivity (Wildman–Crippen MR) is 118 cm³/mol. The number of hydrogen-bond acceptors (Lipinski definition) is 11. The number of esters is 1. The van der Waals surface area contributed by atoms with Gasteiger partial charge in [-0.05, 0) is 12.5 Å². The largest absolute Gasteiger partial charge is 0.493 e. The molecule has 0 radical (unpaired) electrons. The van der Waals surface area contributed by atoms with Crippen molar-refractivity contribution in [2.75, 3.05) is 27.4 Å². The number of nitrogens with zero attached hydrogens (tertiary/aromatic N) is 2. The van der Waals surface area contributed by atoms with E-state index in [1.807, 2.05) is 5.48 Å². The van der Waals surface area contributed by atoms with E-state index in [0.29, 0.717) is 6.42 Å². The Balaban J connectivity index is 2.62. The monoisotopic (exact) mass is 494 g/mol. The van der Waals surface area contributed by atoms with Gasteiger partial charge in [0.1, 0.15) is 18.7 Å². The Morgan fingerprint density at radius 2 is 1.91 bits per heavy atom. The number of nitro benzene ring substituents is 1. The molecule has 0 aromatic heterocycles. The van der Waals surface area contributed by atoms with Crippen LogP contribution in [0, 0.1) is 21.4 Å². The van der Waals surface area contributed by atoms with Gasteiger partial charge in [0.2, 0.25) is 5.91 Å². The number of benzene rings is 1. The summed E-state index contributed by atoms with van der Waals surface area (Å²) in [6, 6.07) is 2.97. The van der Waals surface area contributed by atoms with Gasteiger partial charge in [-0.25, -0.2) is 9.59 Å². The molecule has 1 rings (SSSR count). The van der Waals surface area contributed by atoms with Gasteiger partial charge < -0.3 is 24.3 Å². The first-order valence-electron chi connectivity index (χ1n) is 10.1. The quantitative estimate of drug-likeness (QED) is 0.119. The highest BCUT2D eigenvalue weighted by molar-refractivity contribution is 5.84. The Labute approximate surface area is 200 Å². The Kier molecular flexibility index (Phi) is 12.7. The SMILES string of the molecule is C=CCCC(=O)NC(CCONC(=O)OCc1cc(OC)c(OC)cc1[N+](=O)[O-])C(=O)OCC#N. The highest BCUT2D eigenvalue weighted by Gasteiger charge is 2.23. The van der Waals surface area contributed by atoms with Crippen LogP contribution < -0.4 is 20.3 Å². The summed E-state index contributed by atoms with van der Waals surface area (Å²) in [5, 5.41) is 22.3. The van der Waals surface area contributed by atoms with Gasteiger partial charge in [0.15, 0.2) is 18.1 Å². The minimum absolute atomic E-state index is 0.0466. The van der Waals surface area contributed by atoms with E-state index in [9.17, 15) is 24.5 Å². The van der Waals surface area contributed by atoms with Crippen LogP contribution in [0.5, 0.6) is 11.5 Å². The fourth-order valence-corrected chi connectivity index (χ4v) is 2.61. The number of carbonyl (C=O) groups is 3. The topological polar surface area (TPSA) is 188 Å². The smallest absolute Gasteiger partial charge is 0.431 e. The van der Waals surface area contributed by atoms with Gasteiger partial charge in [-0.3, -0.25) is 19.7 Å². The molecule has 0 saturated heterocycles. The Morgan fingerprint density at radius 1 is 1.23 bits per heavy atom. The van der Waals surface area contributed by atoms with Gasteiger partial charge in [0.25, 0.3) is 5.69 Å². The van der Waals surface area contributed by atoms with Crippen molar-refractivity contribution in [3.63, 3.8) is 0 Å². The zero-order chi connectivity index (χ0) is 26.2. The lowest BCUT2D eigenvalue weighted by atomic mass is 10.1. The van der Waals surface area contributed by atoms with E-state index >= 15 is 0 Å². The van der Waals surface area contributed by atoms with Gasteiger partial charge in [0, 0.05) is 12.8 Å². The number of rotatable bonds is 15. The summed E-state index contributed by atoms with van der Waals surface area (Å²) >= 11 is 0. The van der Waals surface area contributed by atoms with E-state index in [-0.39, 0.29) is 42.2 Å². The van der Waals surface area contributed by atoms with Crippen molar-refractivity contribution in [2.45, 2.75) is 31.9 Å². The second-order valence-electron chi connectivity index (χ2n) is 6.62. The lowest BCUT2D eigenvalue weighted by Gasteiger charge is -2.17. The number of allylic oxidation sites excluding steroid dienone is 1. The zero-order valence-electron chi connectivity index (χ0n) is 19.2. The Morgan fingerprint density at radius 3 is 2.51 bits per heavy atom. The van der Waals surface area contributed by atoms with Gasteiger partial charge in [-0.15, -0.1) is 6.58 Å². The molecule has 14 nitrogen and oxygen atoms in total. The van der Waals surface area contributed by atoms with E-state index in [1.54, 1.807) is 6.07 Å². The van der Waals surface area contributed by atoms with Crippen LogP contribution in [0.25, 0.3) is 0 Å². The van der Waals surface area contributed by atoms with Gasteiger partial charge >= 0.3 is 12.1 Å². The van der Waals surface area contributed by atoms with E-state index in [2.05, 4.69) is 11.9 Å². The van der Waals surface area contributed by atoms with Crippen molar-refractivity contribution in [1.29, 1.82) is 5.26 Å². The fraction of sp³-hybridized carbons (Fsp3) is 0.429. The minimum Gasteiger partial charge on any atom is -0.493 e. The molecule has 0 aliphatic rings. The molecule has 0 bridgehead atoms. The maximum Gasteiger partial charge on any atom is 0.431 e. The van der Waals surface area contributed by atoms with E-state index in [1.165, 1.54) is 26.4 Å². The number of methoxy groups -OCH3 is 2. The van der Waals surface area contributed by atoms with Gasteiger partial charge in [-0.1, -0.05) is 6.08 Å². The Hall–Kier alpha value is -4.38. The first-order chi connectivity index (χ1) is 16.8. The molecule has 1 aromatic rings. The lowest BCUT2D eigenvalue weighted by molar-refractivity contribution is -0.385. The number of nitriles is 1. The summed E-state index contributed by atoms with van der Waals surface area (Å²) in [5.74, 6) is -0.939. The molecule has 35 heavy (non-hydrogen) atoms. The molecule has 0 heterocycles. The van der Waals surface area contributed by atoms with E-state index in [0.717, 1.165) is 6.07 Å². The summed E-state index contributed by atoms with van der Waals surface area (Å²) in [6.45, 7) is 2.30. The predicted octanol–water partition coefficient (Wildman–Crippen LogP) is 1.68. The van der Waals surface area contributed by atoms with Crippen molar-refractivity contribution >= 4 is 23.7 Å². The molecule has 14 heteroatoms. The Bertz CT molecular complexity index is 960. The summed E-state index contributed by atoms with van der Waals surface area (Å²) < 4.78 is 19.8. The number of nitrogens with one attached hydrogen (secondary N) is 2. The molecule has 0 spiro atoms. The normalized spacial score (nSPS) is 10.8. The molecular weight excluding hydrogens is 468 g/mol. The third kappa shape index (κ3) is 9.96. The number of hydroxylamine groups is 1. The summed E-state index contributed by atoms with van der Waals surface area (Å²) in [5.41, 5.74) is 1.66. The van der Waals surface area contributed by atoms with Crippen LogP contribution in [0.4, 0.5) is 10.5 Å². The summed E-state index contributed by atoms with van der Waals surface area (Å²) in [7, 11) is 2.67. The van der Waals surface area contributed by atoms with Crippen molar-refractivity contribution in [2.24, 2.45) is 0 Å². The van der Waals surface area contributed by atoms with E-state index in [4.69, 9.17) is 29.0 Å². The second kappa shape index (κ2) is 15.5.